The molecular weight excluding hydrogens is 273 g/mol. The molecule has 2 heterocycles. The average molecular weight is 288 g/mol. The topological polar surface area (TPSA) is 12.9 Å². The van der Waals surface area contributed by atoms with Crippen LogP contribution >= 0.6 is 0 Å². The predicted octanol–water partition coefficient (Wildman–Crippen LogP) is -0.951. The first-order valence-electron chi connectivity index (χ1n) is 4.93. The molecule has 0 radical (unpaired) electrons. The first-order chi connectivity index (χ1) is 6.47. The van der Waals surface area contributed by atoms with Crippen molar-refractivity contribution >= 4 is 0 Å². The second-order valence-corrected chi connectivity index (χ2v) is 6.62. The second kappa shape index (κ2) is 4.94. The summed E-state index contributed by atoms with van der Waals surface area (Å²) in [6, 6.07) is 4.33. The molecule has 0 aliphatic carbocycles. The molecule has 0 fully saturated rings. The van der Waals surface area contributed by atoms with Crippen molar-refractivity contribution < 1.29 is 21.2 Å². The molecule has 1 aromatic rings. The number of fused-ring (bicyclic) bond motifs is 1. The summed E-state index contributed by atoms with van der Waals surface area (Å²) in [4.78, 5) is 4.47. The molecule has 0 bridgehead atoms. The molecule has 0 atom stereocenters. The molecule has 0 N–H and O–H groups in total. The van der Waals surface area contributed by atoms with E-state index in [2.05, 4.69) is 17.1 Å². The van der Waals surface area contributed by atoms with Gasteiger partial charge in [0.15, 0.2) is 0 Å². The van der Waals surface area contributed by atoms with Gasteiger partial charge in [0.1, 0.15) is 0 Å². The molecule has 1 aliphatic heterocycles. The Morgan fingerprint density at radius 2 is 2.00 bits per heavy atom. The normalized spacial score (nSPS) is 18.8. The van der Waals surface area contributed by atoms with Crippen molar-refractivity contribution in [2.75, 3.05) is 8.86 Å². The van der Waals surface area contributed by atoms with Crippen LogP contribution in [0.3, 0.4) is 0 Å². The molecule has 0 spiro atoms. The number of aromatic nitrogens is 1. The maximum absolute atomic E-state index is 4.47. The summed E-state index contributed by atoms with van der Waals surface area (Å²) in [5.41, 5.74) is 2.88. The first kappa shape index (κ1) is 9.44. The monoisotopic (exact) mass is 288 g/mol. The predicted molar refractivity (Wildman–Crippen MR) is 50.6 cm³/mol. The van der Waals surface area contributed by atoms with E-state index in [1.807, 2.05) is 6.20 Å². The van der Waals surface area contributed by atoms with Crippen LogP contribution in [-0.2, 0) is 12.8 Å². The Bertz CT molecular complexity index is 246. The van der Waals surface area contributed by atoms with Crippen LogP contribution in [0.15, 0.2) is 18.3 Å². The van der Waals surface area contributed by atoms with Crippen LogP contribution in [0, 0.1) is 0 Å². The maximum atomic E-state index is 4.47. The zero-order chi connectivity index (χ0) is 8.93. The summed E-state index contributed by atoms with van der Waals surface area (Å²) in [5, 5.41) is 0. The van der Waals surface area contributed by atoms with Crippen LogP contribution in [-0.4, -0.2) is 13.8 Å². The van der Waals surface area contributed by atoms with Crippen LogP contribution < -0.4 is 21.2 Å². The first-order valence-corrected chi connectivity index (χ1v) is 7.98. The summed E-state index contributed by atoms with van der Waals surface area (Å²) in [6.45, 7) is 0. The van der Waals surface area contributed by atoms with Crippen LogP contribution in [0.4, 0.5) is 0 Å². The van der Waals surface area contributed by atoms with E-state index < -0.39 is 0 Å². The molecule has 0 saturated heterocycles. The van der Waals surface area contributed by atoms with E-state index in [0.29, 0.717) is 21.2 Å². The summed E-state index contributed by atoms with van der Waals surface area (Å²) in [7, 11) is 0. The Hall–Kier alpha value is -0.120. The van der Waals surface area contributed by atoms with E-state index in [0.717, 1.165) is 0 Å². The summed E-state index contributed by atoms with van der Waals surface area (Å²) < 4.78 is 3.00. The van der Waals surface area contributed by atoms with Gasteiger partial charge in [-0.1, -0.05) is 0 Å². The van der Waals surface area contributed by atoms with E-state index in [1.165, 1.54) is 45.8 Å². The Labute approximate surface area is 90.2 Å². The van der Waals surface area contributed by atoms with Crippen LogP contribution in [0.1, 0.15) is 24.1 Å². The molecule has 2 rings (SSSR count). The molecule has 0 amide bonds. The molecule has 1 aromatic heterocycles. The molecule has 72 valence electrons. The number of hydrogen-bond donors (Lipinski definition) is 0. The molecule has 0 aromatic carbocycles. The van der Waals surface area contributed by atoms with Gasteiger partial charge in [0.05, 0.1) is 0 Å². The summed E-state index contributed by atoms with van der Waals surface area (Å²) in [5.74, 6) is 0. The van der Waals surface area contributed by atoms with Gasteiger partial charge in [-0.3, -0.25) is 0 Å². The van der Waals surface area contributed by atoms with Gasteiger partial charge in [-0.25, -0.2) is 0 Å². The summed E-state index contributed by atoms with van der Waals surface area (Å²) in [6.07, 6.45) is 7.19. The fourth-order valence-corrected chi connectivity index (χ4v) is 4.08. The van der Waals surface area contributed by atoms with Gasteiger partial charge in [0, 0.05) is 0 Å². The Balaban J connectivity index is 2.17. The molecule has 1 nitrogen and oxygen atoms in total. The number of alkyl halides is 2. The van der Waals surface area contributed by atoms with E-state index in [9.17, 15) is 0 Å². The van der Waals surface area contributed by atoms with E-state index >= 15 is 0 Å². The molecular formula is C11H15IN-. The number of nitrogens with zero attached hydrogens (tertiary/aromatic N) is 1. The standard InChI is InChI=1S/C11H15IN/c1-4-10-5-3-9-13-11(10)6-2-8-12-7-1/h3,5,9H,1-2,4,6-8H2/q-1. The van der Waals surface area contributed by atoms with Gasteiger partial charge in [0.2, 0.25) is 0 Å². The van der Waals surface area contributed by atoms with Crippen molar-refractivity contribution in [3.8, 4) is 0 Å². The van der Waals surface area contributed by atoms with Crippen molar-refractivity contribution in [3.05, 3.63) is 29.6 Å². The number of hydrogen-bond acceptors (Lipinski definition) is 1. The average Bonchev–Trinajstić information content (AvgIpc) is 2.28. The van der Waals surface area contributed by atoms with Crippen molar-refractivity contribution in [2.24, 2.45) is 0 Å². The van der Waals surface area contributed by atoms with Gasteiger partial charge in [-0.15, -0.1) is 0 Å². The fourth-order valence-electron chi connectivity index (χ4n) is 1.70. The number of pyridine rings is 1. The molecule has 0 saturated carbocycles. The van der Waals surface area contributed by atoms with Crippen molar-refractivity contribution in [2.45, 2.75) is 25.7 Å². The van der Waals surface area contributed by atoms with E-state index in [1.54, 1.807) is 0 Å². The van der Waals surface area contributed by atoms with Crippen LogP contribution in [0.5, 0.6) is 0 Å². The van der Waals surface area contributed by atoms with Gasteiger partial charge in [0.25, 0.3) is 0 Å². The molecule has 1 aliphatic rings. The zero-order valence-electron chi connectivity index (χ0n) is 7.80. The molecule has 13 heavy (non-hydrogen) atoms. The molecule has 0 unspecified atom stereocenters. The van der Waals surface area contributed by atoms with Gasteiger partial charge >= 0.3 is 90.3 Å². The third-order valence-electron chi connectivity index (χ3n) is 2.38. The minimum absolute atomic E-state index is 0.520. The third-order valence-corrected chi connectivity index (χ3v) is 5.43. The van der Waals surface area contributed by atoms with E-state index in [4.69, 9.17) is 0 Å². The van der Waals surface area contributed by atoms with Crippen LogP contribution in [0.2, 0.25) is 0 Å². The van der Waals surface area contributed by atoms with Crippen LogP contribution in [0.25, 0.3) is 0 Å². The van der Waals surface area contributed by atoms with Gasteiger partial charge in [-0.2, -0.15) is 0 Å². The Morgan fingerprint density at radius 3 is 2.92 bits per heavy atom. The fraction of sp³-hybridized carbons (Fsp3) is 0.545. The SMILES string of the molecule is c1cnc2c(c1)CCC[I-]CCC2. The van der Waals surface area contributed by atoms with Gasteiger partial charge in [-0.05, 0) is 0 Å². The Morgan fingerprint density at radius 1 is 1.15 bits per heavy atom. The quantitative estimate of drug-likeness (QED) is 0.443. The summed E-state index contributed by atoms with van der Waals surface area (Å²) >= 11 is 0.520. The van der Waals surface area contributed by atoms with Crippen molar-refractivity contribution in [3.63, 3.8) is 0 Å². The third kappa shape index (κ3) is 2.66. The van der Waals surface area contributed by atoms with Crippen molar-refractivity contribution in [1.82, 2.24) is 4.98 Å². The van der Waals surface area contributed by atoms with Crippen molar-refractivity contribution in [1.29, 1.82) is 0 Å². The Kier molecular flexibility index (Phi) is 3.58. The number of halogens is 1. The second-order valence-electron chi connectivity index (χ2n) is 3.38. The minimum atomic E-state index is 0.520. The number of aryl methyl sites for hydroxylation is 2. The zero-order valence-corrected chi connectivity index (χ0v) is 9.96. The molecule has 2 heteroatoms. The van der Waals surface area contributed by atoms with Gasteiger partial charge < -0.3 is 0 Å². The number of rotatable bonds is 0. The van der Waals surface area contributed by atoms with E-state index in [-0.39, 0.29) is 0 Å².